The van der Waals surface area contributed by atoms with Crippen LogP contribution in [0.1, 0.15) is 80.1 Å². The molecule has 0 aliphatic rings. The standard InChI is InChI=1S/C19H29N3O2S/c1-5-8-9-10-11-12-16(23)21-18-15(13-20)14(4)17(25-18)19(24)22(6-2)7-3/h5-12H2,1-4H3,(H,21,23). The Kier molecular flexibility index (Phi) is 9.22. The molecule has 1 aromatic heterocycles. The molecule has 0 saturated heterocycles. The van der Waals surface area contributed by atoms with Crippen LogP contribution in [0.5, 0.6) is 0 Å². The molecule has 1 aromatic rings. The van der Waals surface area contributed by atoms with Gasteiger partial charge in [0.2, 0.25) is 5.91 Å². The predicted molar refractivity (Wildman–Crippen MR) is 103 cm³/mol. The van der Waals surface area contributed by atoms with Crippen LogP contribution in [0, 0.1) is 18.3 Å². The highest BCUT2D eigenvalue weighted by atomic mass is 32.1. The summed E-state index contributed by atoms with van der Waals surface area (Å²) >= 11 is 1.21. The summed E-state index contributed by atoms with van der Waals surface area (Å²) < 4.78 is 0. The van der Waals surface area contributed by atoms with Gasteiger partial charge in [0.1, 0.15) is 11.1 Å². The minimum Gasteiger partial charge on any atom is -0.338 e. The number of nitrogens with zero attached hydrogens (tertiary/aromatic N) is 2. The van der Waals surface area contributed by atoms with Crippen molar-refractivity contribution >= 4 is 28.2 Å². The molecule has 0 aliphatic carbocycles. The lowest BCUT2D eigenvalue weighted by Crippen LogP contribution is -2.30. The fourth-order valence-electron chi connectivity index (χ4n) is 2.67. The highest BCUT2D eigenvalue weighted by Gasteiger charge is 2.23. The number of carbonyl (C=O) groups excluding carboxylic acids is 2. The zero-order chi connectivity index (χ0) is 18.8. The number of rotatable bonds is 10. The van der Waals surface area contributed by atoms with Crippen molar-refractivity contribution in [3.63, 3.8) is 0 Å². The van der Waals surface area contributed by atoms with Crippen LogP contribution in [0.25, 0.3) is 0 Å². The lowest BCUT2D eigenvalue weighted by Gasteiger charge is -2.17. The molecular weight excluding hydrogens is 334 g/mol. The first-order chi connectivity index (χ1) is 12.0. The molecule has 0 fully saturated rings. The smallest absolute Gasteiger partial charge is 0.264 e. The van der Waals surface area contributed by atoms with Gasteiger partial charge in [0, 0.05) is 19.5 Å². The average molecular weight is 364 g/mol. The molecule has 1 rings (SSSR count). The Morgan fingerprint density at radius 2 is 1.76 bits per heavy atom. The summed E-state index contributed by atoms with van der Waals surface area (Å²) in [7, 11) is 0. The molecular formula is C19H29N3O2S. The zero-order valence-electron chi connectivity index (χ0n) is 15.8. The number of thiophene rings is 1. The van der Waals surface area contributed by atoms with E-state index in [4.69, 9.17) is 0 Å². The Balaban J connectivity index is 2.80. The zero-order valence-corrected chi connectivity index (χ0v) is 16.6. The molecule has 2 amide bonds. The summed E-state index contributed by atoms with van der Waals surface area (Å²) in [4.78, 5) is 27.0. The Bertz CT molecular complexity index is 627. The van der Waals surface area contributed by atoms with Crippen molar-refractivity contribution in [1.29, 1.82) is 5.26 Å². The van der Waals surface area contributed by atoms with E-state index in [0.29, 0.717) is 40.5 Å². The maximum atomic E-state index is 12.6. The Hall–Kier alpha value is -1.87. The monoisotopic (exact) mass is 363 g/mol. The van der Waals surface area contributed by atoms with Crippen LogP contribution in [0.15, 0.2) is 0 Å². The van der Waals surface area contributed by atoms with E-state index >= 15 is 0 Å². The van der Waals surface area contributed by atoms with Gasteiger partial charge in [-0.1, -0.05) is 32.6 Å². The van der Waals surface area contributed by atoms with Gasteiger partial charge in [-0.2, -0.15) is 5.26 Å². The normalized spacial score (nSPS) is 10.4. The molecule has 5 nitrogen and oxygen atoms in total. The number of anilines is 1. The van der Waals surface area contributed by atoms with Crippen LogP contribution < -0.4 is 5.32 Å². The first-order valence-corrected chi connectivity index (χ1v) is 9.94. The molecule has 0 aliphatic heterocycles. The number of nitriles is 1. The van der Waals surface area contributed by atoms with E-state index in [1.165, 1.54) is 24.2 Å². The van der Waals surface area contributed by atoms with Crippen LogP contribution in [0.3, 0.4) is 0 Å². The number of unbranched alkanes of at least 4 members (excludes halogenated alkanes) is 4. The van der Waals surface area contributed by atoms with Gasteiger partial charge in [0.25, 0.3) is 5.91 Å². The van der Waals surface area contributed by atoms with Crippen molar-refractivity contribution in [2.24, 2.45) is 0 Å². The van der Waals surface area contributed by atoms with E-state index < -0.39 is 0 Å². The Morgan fingerprint density at radius 1 is 1.12 bits per heavy atom. The molecule has 1 heterocycles. The fraction of sp³-hybridized carbons (Fsp3) is 0.632. The van der Waals surface area contributed by atoms with Gasteiger partial charge in [-0.15, -0.1) is 11.3 Å². The molecule has 0 bridgehead atoms. The number of nitrogens with one attached hydrogen (secondary N) is 1. The average Bonchev–Trinajstić information content (AvgIpc) is 2.91. The summed E-state index contributed by atoms with van der Waals surface area (Å²) in [6, 6.07) is 2.13. The van der Waals surface area contributed by atoms with Gasteiger partial charge in [0.15, 0.2) is 0 Å². The van der Waals surface area contributed by atoms with Gasteiger partial charge < -0.3 is 10.2 Å². The van der Waals surface area contributed by atoms with Crippen LogP contribution >= 0.6 is 11.3 Å². The van der Waals surface area contributed by atoms with E-state index in [-0.39, 0.29) is 11.8 Å². The van der Waals surface area contributed by atoms with Gasteiger partial charge >= 0.3 is 0 Å². The summed E-state index contributed by atoms with van der Waals surface area (Å²) in [5.74, 6) is -0.167. The molecule has 0 aromatic carbocycles. The van der Waals surface area contributed by atoms with Gasteiger partial charge in [-0.05, 0) is 32.8 Å². The molecule has 0 saturated carbocycles. The highest BCUT2D eigenvalue weighted by molar-refractivity contribution is 7.18. The number of carbonyl (C=O) groups is 2. The van der Waals surface area contributed by atoms with E-state index in [1.807, 2.05) is 13.8 Å². The summed E-state index contributed by atoms with van der Waals surface area (Å²) in [6.07, 6.45) is 5.86. The van der Waals surface area contributed by atoms with Crippen LogP contribution in [-0.4, -0.2) is 29.8 Å². The van der Waals surface area contributed by atoms with Gasteiger partial charge in [-0.3, -0.25) is 9.59 Å². The van der Waals surface area contributed by atoms with E-state index in [2.05, 4.69) is 18.3 Å². The third kappa shape index (κ3) is 5.86. The van der Waals surface area contributed by atoms with Crippen molar-refractivity contribution in [3.05, 3.63) is 16.0 Å². The third-order valence-electron chi connectivity index (χ3n) is 4.26. The Morgan fingerprint density at radius 3 is 2.32 bits per heavy atom. The number of hydrogen-bond acceptors (Lipinski definition) is 4. The summed E-state index contributed by atoms with van der Waals surface area (Å²) in [5.41, 5.74) is 1.06. The van der Waals surface area contributed by atoms with E-state index in [9.17, 15) is 14.9 Å². The summed E-state index contributed by atoms with van der Waals surface area (Å²) in [6.45, 7) is 9.02. The lowest BCUT2D eigenvalue weighted by molar-refractivity contribution is -0.116. The van der Waals surface area contributed by atoms with Gasteiger partial charge in [-0.25, -0.2) is 0 Å². The molecule has 1 N–H and O–H groups in total. The molecule has 138 valence electrons. The largest absolute Gasteiger partial charge is 0.338 e. The van der Waals surface area contributed by atoms with Crippen LogP contribution in [-0.2, 0) is 4.79 Å². The number of hydrogen-bond donors (Lipinski definition) is 1. The second-order valence-electron chi connectivity index (χ2n) is 6.06. The SMILES string of the molecule is CCCCCCCC(=O)Nc1sc(C(=O)N(CC)CC)c(C)c1C#N. The number of amides is 2. The first kappa shape index (κ1) is 21.2. The highest BCUT2D eigenvalue weighted by Crippen LogP contribution is 2.33. The maximum Gasteiger partial charge on any atom is 0.264 e. The lowest BCUT2D eigenvalue weighted by atomic mass is 10.1. The topological polar surface area (TPSA) is 73.2 Å². The van der Waals surface area contributed by atoms with Gasteiger partial charge in [0.05, 0.1) is 10.4 Å². The minimum atomic E-state index is -0.0870. The predicted octanol–water partition coefficient (Wildman–Crippen LogP) is 4.71. The molecule has 25 heavy (non-hydrogen) atoms. The second kappa shape index (κ2) is 10.9. The third-order valence-corrected chi connectivity index (χ3v) is 5.46. The van der Waals surface area contributed by atoms with Crippen LogP contribution in [0.2, 0.25) is 0 Å². The van der Waals surface area contributed by atoms with E-state index in [1.54, 1.807) is 11.8 Å². The van der Waals surface area contributed by atoms with Crippen molar-refractivity contribution in [1.82, 2.24) is 4.90 Å². The van der Waals surface area contributed by atoms with Crippen molar-refractivity contribution in [3.8, 4) is 6.07 Å². The molecule has 6 heteroatoms. The minimum absolute atomic E-state index is 0.0796. The quantitative estimate of drug-likeness (QED) is 0.612. The van der Waals surface area contributed by atoms with Crippen molar-refractivity contribution in [2.75, 3.05) is 18.4 Å². The second-order valence-corrected chi connectivity index (χ2v) is 7.08. The van der Waals surface area contributed by atoms with Crippen LogP contribution in [0.4, 0.5) is 5.00 Å². The molecule has 0 atom stereocenters. The van der Waals surface area contributed by atoms with E-state index in [0.717, 1.165) is 19.3 Å². The summed E-state index contributed by atoms with van der Waals surface area (Å²) in [5, 5.41) is 12.7. The first-order valence-electron chi connectivity index (χ1n) is 9.12. The van der Waals surface area contributed by atoms with Crippen molar-refractivity contribution in [2.45, 2.75) is 66.2 Å². The molecule has 0 radical (unpaired) electrons. The molecule has 0 spiro atoms. The fourth-order valence-corrected chi connectivity index (χ4v) is 3.81. The maximum absolute atomic E-state index is 12.6. The Labute approximate surface area is 155 Å². The van der Waals surface area contributed by atoms with Crippen molar-refractivity contribution < 1.29 is 9.59 Å². The molecule has 0 unspecified atom stereocenters.